The van der Waals surface area contributed by atoms with Crippen molar-refractivity contribution in [2.45, 2.75) is 26.7 Å². The molecule has 0 bridgehead atoms. The van der Waals surface area contributed by atoms with Crippen LogP contribution < -0.4 is 10.2 Å². The number of carbonyl (C=O) groups excluding carboxylic acids is 1. The molecule has 0 radical (unpaired) electrons. The first-order valence-electron chi connectivity index (χ1n) is 6.78. The van der Waals surface area contributed by atoms with Gasteiger partial charge in [0.2, 0.25) is 0 Å². The number of carboxylic acid groups (broad SMARTS) is 1. The molecule has 0 atom stereocenters. The van der Waals surface area contributed by atoms with Gasteiger partial charge >= 0.3 is 12.0 Å². The molecule has 0 unspecified atom stereocenters. The predicted octanol–water partition coefficient (Wildman–Crippen LogP) is 2.26. The third-order valence-corrected chi connectivity index (χ3v) is 3.62. The van der Waals surface area contributed by atoms with Crippen LogP contribution >= 0.6 is 0 Å². The number of anilines is 1. The summed E-state index contributed by atoms with van der Waals surface area (Å²) in [6.07, 6.45) is 1.90. The molecule has 1 aliphatic rings. The summed E-state index contributed by atoms with van der Waals surface area (Å²) in [6.45, 7) is 3.97. The molecular weight excluding hydrogens is 256 g/mol. The van der Waals surface area contributed by atoms with Crippen LogP contribution in [0.1, 0.15) is 25.8 Å². The van der Waals surface area contributed by atoms with Crippen LogP contribution in [0.3, 0.4) is 0 Å². The van der Waals surface area contributed by atoms with Crippen molar-refractivity contribution in [1.82, 2.24) is 5.32 Å². The summed E-state index contributed by atoms with van der Waals surface area (Å²) < 4.78 is 0. The molecular formula is C15H20N2O3. The van der Waals surface area contributed by atoms with Gasteiger partial charge < -0.3 is 10.4 Å². The standard InChI is InChI=1S/C15H20N2O3/c1-15(2,13(18)19)10-16-14(20)17-9-5-7-11-6-3-4-8-12(11)17/h3-4,6,8H,5,7,9-10H2,1-2H3,(H,16,20)(H,18,19). The fourth-order valence-corrected chi connectivity index (χ4v) is 2.21. The van der Waals surface area contributed by atoms with E-state index in [1.807, 2.05) is 24.3 Å². The predicted molar refractivity (Wildman–Crippen MR) is 76.9 cm³/mol. The van der Waals surface area contributed by atoms with Crippen LogP contribution in [0.15, 0.2) is 24.3 Å². The summed E-state index contributed by atoms with van der Waals surface area (Å²) in [7, 11) is 0. The number of aliphatic carboxylic acids is 1. The molecule has 0 fully saturated rings. The van der Waals surface area contributed by atoms with Crippen molar-refractivity contribution in [1.29, 1.82) is 0 Å². The Morgan fingerprint density at radius 2 is 2.05 bits per heavy atom. The Kier molecular flexibility index (Phi) is 3.97. The Hall–Kier alpha value is -2.04. The largest absolute Gasteiger partial charge is 0.481 e. The molecule has 1 aliphatic heterocycles. The van der Waals surface area contributed by atoms with Gasteiger partial charge in [-0.15, -0.1) is 0 Å². The maximum absolute atomic E-state index is 12.3. The van der Waals surface area contributed by atoms with Gasteiger partial charge in [0, 0.05) is 18.8 Å². The van der Waals surface area contributed by atoms with Gasteiger partial charge in [-0.25, -0.2) is 4.79 Å². The van der Waals surface area contributed by atoms with Gasteiger partial charge in [-0.2, -0.15) is 0 Å². The van der Waals surface area contributed by atoms with Gasteiger partial charge in [0.15, 0.2) is 0 Å². The van der Waals surface area contributed by atoms with Crippen molar-refractivity contribution >= 4 is 17.7 Å². The van der Waals surface area contributed by atoms with Crippen LogP contribution in [0.25, 0.3) is 0 Å². The first-order chi connectivity index (χ1) is 9.42. The summed E-state index contributed by atoms with van der Waals surface area (Å²) in [5, 5.41) is 11.8. The number of urea groups is 1. The summed E-state index contributed by atoms with van der Waals surface area (Å²) in [4.78, 5) is 25.0. The van der Waals surface area contributed by atoms with E-state index < -0.39 is 11.4 Å². The average Bonchev–Trinajstić information content (AvgIpc) is 2.44. The number of para-hydroxylation sites is 1. The molecule has 0 aromatic heterocycles. The zero-order valence-corrected chi connectivity index (χ0v) is 11.8. The molecule has 2 N–H and O–H groups in total. The van der Waals surface area contributed by atoms with Crippen LogP contribution in [0.4, 0.5) is 10.5 Å². The van der Waals surface area contributed by atoms with Crippen molar-refractivity contribution in [3.05, 3.63) is 29.8 Å². The van der Waals surface area contributed by atoms with E-state index in [1.165, 1.54) is 0 Å². The van der Waals surface area contributed by atoms with E-state index in [4.69, 9.17) is 5.11 Å². The SMILES string of the molecule is CC(C)(CNC(=O)N1CCCc2ccccc21)C(=O)O. The van der Waals surface area contributed by atoms with Crippen molar-refractivity contribution in [2.75, 3.05) is 18.0 Å². The lowest BCUT2D eigenvalue weighted by Crippen LogP contribution is -2.47. The molecule has 20 heavy (non-hydrogen) atoms. The Balaban J connectivity index is 2.06. The Labute approximate surface area is 118 Å². The molecule has 1 aromatic carbocycles. The van der Waals surface area contributed by atoms with Crippen molar-refractivity contribution < 1.29 is 14.7 Å². The molecule has 1 heterocycles. The average molecular weight is 276 g/mol. The minimum atomic E-state index is -0.967. The van der Waals surface area contributed by atoms with Crippen LogP contribution in [0.5, 0.6) is 0 Å². The molecule has 2 amide bonds. The highest BCUT2D eigenvalue weighted by Gasteiger charge is 2.29. The fraction of sp³-hybridized carbons (Fsp3) is 0.467. The zero-order valence-electron chi connectivity index (χ0n) is 11.8. The zero-order chi connectivity index (χ0) is 14.8. The molecule has 1 aromatic rings. The number of nitrogens with one attached hydrogen (secondary N) is 1. The molecule has 0 saturated heterocycles. The van der Waals surface area contributed by atoms with E-state index in [1.54, 1.807) is 18.7 Å². The summed E-state index contributed by atoms with van der Waals surface area (Å²) >= 11 is 0. The Morgan fingerprint density at radius 1 is 1.35 bits per heavy atom. The van der Waals surface area contributed by atoms with Gasteiger partial charge in [-0.05, 0) is 38.3 Å². The maximum atomic E-state index is 12.3. The van der Waals surface area contributed by atoms with Gasteiger partial charge in [0.1, 0.15) is 0 Å². The number of benzene rings is 1. The third-order valence-electron chi connectivity index (χ3n) is 3.62. The quantitative estimate of drug-likeness (QED) is 0.889. The van der Waals surface area contributed by atoms with Crippen molar-refractivity contribution in [3.63, 3.8) is 0 Å². The highest BCUT2D eigenvalue weighted by atomic mass is 16.4. The topological polar surface area (TPSA) is 69.6 Å². The van der Waals surface area contributed by atoms with Gasteiger partial charge in [0.25, 0.3) is 0 Å². The third kappa shape index (κ3) is 2.92. The number of hydrogen-bond donors (Lipinski definition) is 2. The number of fused-ring (bicyclic) bond motifs is 1. The molecule has 0 aliphatic carbocycles. The molecule has 0 saturated carbocycles. The highest BCUT2D eigenvalue weighted by molar-refractivity contribution is 5.93. The maximum Gasteiger partial charge on any atom is 0.321 e. The Bertz CT molecular complexity index is 526. The van der Waals surface area contributed by atoms with Crippen LogP contribution in [0, 0.1) is 5.41 Å². The number of carboxylic acids is 1. The monoisotopic (exact) mass is 276 g/mol. The van der Waals surface area contributed by atoms with Crippen LogP contribution in [-0.2, 0) is 11.2 Å². The number of carbonyl (C=O) groups is 2. The van der Waals surface area contributed by atoms with Gasteiger partial charge in [-0.1, -0.05) is 18.2 Å². The van der Waals surface area contributed by atoms with E-state index in [0.717, 1.165) is 24.1 Å². The first kappa shape index (κ1) is 14.4. The molecule has 0 spiro atoms. The lowest BCUT2D eigenvalue weighted by atomic mass is 9.94. The minimum absolute atomic E-state index is 0.111. The van der Waals surface area contributed by atoms with E-state index in [-0.39, 0.29) is 12.6 Å². The number of nitrogens with zero attached hydrogens (tertiary/aromatic N) is 1. The number of hydrogen-bond acceptors (Lipinski definition) is 2. The number of aryl methyl sites for hydroxylation is 1. The molecule has 5 heteroatoms. The summed E-state index contributed by atoms with van der Waals surface area (Å²) in [5.41, 5.74) is 1.11. The van der Waals surface area contributed by atoms with E-state index in [2.05, 4.69) is 5.32 Å². The van der Waals surface area contributed by atoms with Crippen LogP contribution in [-0.4, -0.2) is 30.2 Å². The molecule has 2 rings (SSSR count). The highest BCUT2D eigenvalue weighted by Crippen LogP contribution is 2.26. The summed E-state index contributed by atoms with van der Waals surface area (Å²) in [6, 6.07) is 7.60. The molecule has 5 nitrogen and oxygen atoms in total. The normalized spacial score (nSPS) is 14.6. The van der Waals surface area contributed by atoms with Gasteiger partial charge in [0.05, 0.1) is 5.41 Å². The number of rotatable bonds is 3. The van der Waals surface area contributed by atoms with Crippen molar-refractivity contribution in [2.24, 2.45) is 5.41 Å². The van der Waals surface area contributed by atoms with E-state index in [9.17, 15) is 9.59 Å². The first-order valence-corrected chi connectivity index (χ1v) is 6.78. The lowest BCUT2D eigenvalue weighted by Gasteiger charge is -2.30. The van der Waals surface area contributed by atoms with Gasteiger partial charge in [-0.3, -0.25) is 9.69 Å². The van der Waals surface area contributed by atoms with E-state index in [0.29, 0.717) is 6.54 Å². The molecule has 108 valence electrons. The lowest BCUT2D eigenvalue weighted by molar-refractivity contribution is -0.146. The fourth-order valence-electron chi connectivity index (χ4n) is 2.21. The minimum Gasteiger partial charge on any atom is -0.481 e. The smallest absolute Gasteiger partial charge is 0.321 e. The second-order valence-electron chi connectivity index (χ2n) is 5.73. The second kappa shape index (κ2) is 5.53. The van der Waals surface area contributed by atoms with E-state index >= 15 is 0 Å². The van der Waals surface area contributed by atoms with Crippen LogP contribution in [0.2, 0.25) is 0 Å². The van der Waals surface area contributed by atoms with Crippen molar-refractivity contribution in [3.8, 4) is 0 Å². The Morgan fingerprint density at radius 3 is 2.75 bits per heavy atom. The second-order valence-corrected chi connectivity index (χ2v) is 5.73. The summed E-state index contributed by atoms with van der Waals surface area (Å²) in [5.74, 6) is -0.920. The number of amides is 2.